The zero-order chi connectivity index (χ0) is 16.4. The Morgan fingerprint density at radius 3 is 2.14 bits per heavy atom. The van der Waals surface area contributed by atoms with Crippen molar-refractivity contribution in [3.63, 3.8) is 0 Å². The average molecular weight is 379 g/mol. The first-order valence-electron chi connectivity index (χ1n) is 7.79. The van der Waals surface area contributed by atoms with E-state index in [1.807, 2.05) is 0 Å². The van der Waals surface area contributed by atoms with Crippen molar-refractivity contribution in [2.45, 2.75) is 38.7 Å². The topological polar surface area (TPSA) is 76.7 Å². The quantitative estimate of drug-likeness (QED) is 0.633. The monoisotopic (exact) mass is 378 g/mol. The molecule has 1 atom stereocenters. The maximum atomic E-state index is 11.6. The number of rotatable bonds is 8. The first-order valence-corrected chi connectivity index (χ1v) is 8.91. The van der Waals surface area contributed by atoms with Gasteiger partial charge in [-0.3, -0.25) is 4.79 Å². The van der Waals surface area contributed by atoms with Crippen LogP contribution in [0.5, 0.6) is 0 Å². The van der Waals surface area contributed by atoms with Crippen molar-refractivity contribution in [1.29, 1.82) is 0 Å². The van der Waals surface area contributed by atoms with Crippen molar-refractivity contribution in [3.05, 3.63) is 0 Å². The molecule has 2 amide bonds. The van der Waals surface area contributed by atoms with Gasteiger partial charge in [0.15, 0.2) is 0 Å². The highest BCUT2D eigenvalue weighted by atomic mass is 79.9. The normalized spacial score (nSPS) is 22.7. The summed E-state index contributed by atoms with van der Waals surface area (Å²) in [4.78, 5) is 22.5. The predicted octanol–water partition coefficient (Wildman–Crippen LogP) is 2.06. The Kier molecular flexibility index (Phi) is 9.47. The van der Waals surface area contributed by atoms with Gasteiger partial charge in [0.05, 0.1) is 0 Å². The molecule has 0 aromatic heterocycles. The Labute approximate surface area is 140 Å². The summed E-state index contributed by atoms with van der Waals surface area (Å²) in [6, 6.07) is 0. The molecule has 1 aliphatic rings. The molecular weight excluding hydrogens is 352 g/mol. The third kappa shape index (κ3) is 7.98. The van der Waals surface area contributed by atoms with E-state index in [2.05, 4.69) is 26.6 Å². The van der Waals surface area contributed by atoms with Gasteiger partial charge in [0.2, 0.25) is 5.91 Å². The second kappa shape index (κ2) is 10.8. The van der Waals surface area contributed by atoms with Gasteiger partial charge in [0.25, 0.3) is 0 Å². The summed E-state index contributed by atoms with van der Waals surface area (Å²) < 4.78 is 10.2. The molecule has 0 saturated heterocycles. The van der Waals surface area contributed by atoms with E-state index in [4.69, 9.17) is 9.47 Å². The summed E-state index contributed by atoms with van der Waals surface area (Å²) in [7, 11) is 1.59. The van der Waals surface area contributed by atoms with Crippen LogP contribution in [0.3, 0.4) is 0 Å². The van der Waals surface area contributed by atoms with Gasteiger partial charge in [-0.05, 0) is 37.5 Å². The summed E-state index contributed by atoms with van der Waals surface area (Å²) in [6.45, 7) is 3.21. The molecule has 0 radical (unpaired) electrons. The molecule has 0 spiro atoms. The molecule has 0 bridgehead atoms. The molecule has 1 aliphatic carbocycles. The molecule has 0 heterocycles. The molecule has 22 heavy (non-hydrogen) atoms. The van der Waals surface area contributed by atoms with Crippen LogP contribution >= 0.6 is 15.9 Å². The summed E-state index contributed by atoms with van der Waals surface area (Å²) in [5.41, 5.74) is 0. The highest BCUT2D eigenvalue weighted by Crippen LogP contribution is 2.27. The fourth-order valence-electron chi connectivity index (χ4n) is 2.55. The number of ether oxygens (including phenoxy) is 2. The number of halogens is 1. The molecule has 1 unspecified atom stereocenters. The van der Waals surface area contributed by atoms with Crippen LogP contribution in [-0.2, 0) is 14.3 Å². The largest absolute Gasteiger partial charge is 0.447 e. The lowest BCUT2D eigenvalue weighted by molar-refractivity contribution is -0.119. The molecule has 2 N–H and O–H groups in total. The van der Waals surface area contributed by atoms with Crippen LogP contribution in [0.4, 0.5) is 4.79 Å². The van der Waals surface area contributed by atoms with Crippen LogP contribution in [0.15, 0.2) is 0 Å². The summed E-state index contributed by atoms with van der Waals surface area (Å²) in [6.07, 6.45) is 3.84. The van der Waals surface area contributed by atoms with Crippen LogP contribution in [0.1, 0.15) is 32.6 Å². The number of methoxy groups -OCH3 is 1. The predicted molar refractivity (Wildman–Crippen MR) is 88.1 cm³/mol. The number of alkyl halides is 1. The van der Waals surface area contributed by atoms with E-state index in [0.29, 0.717) is 23.7 Å². The van der Waals surface area contributed by atoms with E-state index in [0.717, 1.165) is 32.2 Å². The van der Waals surface area contributed by atoms with E-state index < -0.39 is 0 Å². The third-order valence-corrected chi connectivity index (χ3v) is 4.77. The summed E-state index contributed by atoms with van der Waals surface area (Å²) in [5, 5.41) is 6.33. The maximum Gasteiger partial charge on any atom is 0.407 e. The van der Waals surface area contributed by atoms with E-state index in [-0.39, 0.29) is 24.7 Å². The number of alkyl carbamates (subject to hydrolysis) is 1. The Morgan fingerprint density at radius 1 is 1.14 bits per heavy atom. The summed E-state index contributed by atoms with van der Waals surface area (Å²) >= 11 is 3.29. The number of hydrogen-bond donors (Lipinski definition) is 2. The first kappa shape index (κ1) is 19.2. The van der Waals surface area contributed by atoms with Gasteiger partial charge < -0.3 is 20.1 Å². The number of carbonyl (C=O) groups is 2. The average Bonchev–Trinajstić information content (AvgIpc) is 2.52. The standard InChI is InChI=1S/C15H27BrN2O4/c1-11(19)17-8-12-3-5-13(6-4-12)9-18-15(20)22-10-14(7-16)21-2/h12-14H,3-10H2,1-2H3,(H,17,19)(H,18,20). The lowest BCUT2D eigenvalue weighted by Gasteiger charge is -2.28. The van der Waals surface area contributed by atoms with Crippen molar-refractivity contribution in [3.8, 4) is 0 Å². The second-order valence-electron chi connectivity index (χ2n) is 5.82. The molecule has 1 rings (SSSR count). The van der Waals surface area contributed by atoms with E-state index >= 15 is 0 Å². The van der Waals surface area contributed by atoms with Gasteiger partial charge in [-0.2, -0.15) is 0 Å². The van der Waals surface area contributed by atoms with Gasteiger partial charge in [0, 0.05) is 32.5 Å². The highest BCUT2D eigenvalue weighted by molar-refractivity contribution is 9.09. The fraction of sp³-hybridized carbons (Fsp3) is 0.867. The maximum absolute atomic E-state index is 11.6. The third-order valence-electron chi connectivity index (χ3n) is 4.05. The van der Waals surface area contributed by atoms with Crippen molar-refractivity contribution >= 4 is 27.9 Å². The Bertz CT molecular complexity index is 342. The molecule has 1 fully saturated rings. The molecule has 7 heteroatoms. The zero-order valence-electron chi connectivity index (χ0n) is 13.4. The zero-order valence-corrected chi connectivity index (χ0v) is 15.0. The molecule has 0 aromatic carbocycles. The van der Waals surface area contributed by atoms with Gasteiger partial charge in [-0.1, -0.05) is 15.9 Å². The number of hydrogen-bond acceptors (Lipinski definition) is 4. The molecule has 1 saturated carbocycles. The minimum atomic E-state index is -0.386. The van der Waals surface area contributed by atoms with Crippen molar-refractivity contribution in [2.75, 3.05) is 32.1 Å². The number of nitrogens with one attached hydrogen (secondary N) is 2. The minimum absolute atomic E-state index is 0.0318. The van der Waals surface area contributed by atoms with Crippen molar-refractivity contribution < 1.29 is 19.1 Å². The molecular formula is C15H27BrN2O4. The van der Waals surface area contributed by atoms with Crippen LogP contribution in [0, 0.1) is 11.8 Å². The van der Waals surface area contributed by atoms with Crippen molar-refractivity contribution in [2.24, 2.45) is 11.8 Å². The Hall–Kier alpha value is -0.820. The van der Waals surface area contributed by atoms with Crippen LogP contribution in [-0.4, -0.2) is 50.2 Å². The second-order valence-corrected chi connectivity index (χ2v) is 6.46. The lowest BCUT2D eigenvalue weighted by Crippen LogP contribution is -2.35. The Balaban J connectivity index is 2.11. The van der Waals surface area contributed by atoms with E-state index in [1.165, 1.54) is 0 Å². The smallest absolute Gasteiger partial charge is 0.407 e. The fourth-order valence-corrected chi connectivity index (χ4v) is 3.00. The first-order chi connectivity index (χ1) is 10.5. The van der Waals surface area contributed by atoms with Gasteiger partial charge in [-0.15, -0.1) is 0 Å². The van der Waals surface area contributed by atoms with E-state index in [1.54, 1.807) is 14.0 Å². The molecule has 6 nitrogen and oxygen atoms in total. The minimum Gasteiger partial charge on any atom is -0.447 e. The summed E-state index contributed by atoms with van der Waals surface area (Å²) in [5.74, 6) is 1.09. The molecule has 0 aromatic rings. The number of amides is 2. The van der Waals surface area contributed by atoms with Crippen LogP contribution in [0.2, 0.25) is 0 Å². The Morgan fingerprint density at radius 2 is 1.68 bits per heavy atom. The van der Waals surface area contributed by atoms with Crippen molar-refractivity contribution in [1.82, 2.24) is 10.6 Å². The van der Waals surface area contributed by atoms with E-state index in [9.17, 15) is 9.59 Å². The molecule has 128 valence electrons. The van der Waals surface area contributed by atoms with Gasteiger partial charge in [0.1, 0.15) is 12.7 Å². The highest BCUT2D eigenvalue weighted by Gasteiger charge is 2.22. The number of carbonyl (C=O) groups excluding carboxylic acids is 2. The lowest BCUT2D eigenvalue weighted by atomic mass is 9.82. The van der Waals surface area contributed by atoms with Gasteiger partial charge in [-0.25, -0.2) is 4.79 Å². The molecule has 0 aliphatic heterocycles. The van der Waals surface area contributed by atoms with Crippen LogP contribution < -0.4 is 10.6 Å². The van der Waals surface area contributed by atoms with Crippen LogP contribution in [0.25, 0.3) is 0 Å². The SMILES string of the molecule is COC(CBr)COC(=O)NCC1CCC(CNC(C)=O)CC1. The van der Waals surface area contributed by atoms with Gasteiger partial charge >= 0.3 is 6.09 Å².